The number of halogens is 3. The van der Waals surface area contributed by atoms with Crippen molar-refractivity contribution in [1.29, 1.82) is 0 Å². The van der Waals surface area contributed by atoms with Crippen LogP contribution in [0, 0.1) is 5.82 Å². The van der Waals surface area contributed by atoms with Crippen LogP contribution in [-0.4, -0.2) is 6.03 Å². The Kier molecular flexibility index (Phi) is 7.27. The highest BCUT2D eigenvalue weighted by Crippen LogP contribution is 2.11. The van der Waals surface area contributed by atoms with Crippen LogP contribution in [-0.2, 0) is 0 Å². The number of nitrogens with one attached hydrogen (secondary N) is 1. The van der Waals surface area contributed by atoms with Crippen molar-refractivity contribution in [2.45, 2.75) is 0 Å². The van der Waals surface area contributed by atoms with E-state index in [-0.39, 0.29) is 30.5 Å². The smallest absolute Gasteiger partial charge is 0.316 e. The van der Waals surface area contributed by atoms with Crippen LogP contribution in [0.3, 0.4) is 0 Å². The minimum absolute atomic E-state index is 0. The van der Waals surface area contributed by atoms with Crippen LogP contribution in [0.25, 0.3) is 0 Å². The molecule has 0 bridgehead atoms. The van der Waals surface area contributed by atoms with E-state index in [2.05, 4.69) is 5.32 Å². The lowest BCUT2D eigenvalue weighted by atomic mass is 10.3. The standard InChI is InChI=1S/C7H7FN2O.2ClH/c8-5-3-1-2-4-6(5)10-7(9)11;;/h1-4H,(H3,9,10,11);2*1H. The molecule has 1 aromatic carbocycles. The number of primary amides is 1. The molecular formula is C7H9Cl2FN2O. The average molecular weight is 227 g/mol. The number of carbonyl (C=O) groups excluding carboxylic acids is 1. The predicted molar refractivity (Wildman–Crippen MR) is 54.1 cm³/mol. The lowest BCUT2D eigenvalue weighted by Crippen LogP contribution is -2.19. The zero-order valence-electron chi connectivity index (χ0n) is 6.49. The summed E-state index contributed by atoms with van der Waals surface area (Å²) in [5, 5.41) is 2.14. The third-order valence-electron chi connectivity index (χ3n) is 1.13. The first kappa shape index (κ1) is 14.5. The summed E-state index contributed by atoms with van der Waals surface area (Å²) in [6, 6.07) is 5.04. The number of benzene rings is 1. The molecule has 1 rings (SSSR count). The molecule has 0 aromatic heterocycles. The summed E-state index contributed by atoms with van der Waals surface area (Å²) in [7, 11) is 0. The van der Waals surface area contributed by atoms with Gasteiger partial charge in [0.1, 0.15) is 5.82 Å². The second kappa shape index (κ2) is 6.51. The van der Waals surface area contributed by atoms with E-state index < -0.39 is 11.8 Å². The molecule has 3 nitrogen and oxygen atoms in total. The first-order valence-electron chi connectivity index (χ1n) is 3.01. The molecule has 2 amide bonds. The molecule has 0 radical (unpaired) electrons. The summed E-state index contributed by atoms with van der Waals surface area (Å²) < 4.78 is 12.7. The summed E-state index contributed by atoms with van der Waals surface area (Å²) in [5.41, 5.74) is 4.87. The number of hydrogen-bond acceptors (Lipinski definition) is 1. The molecule has 13 heavy (non-hydrogen) atoms. The highest BCUT2D eigenvalue weighted by molar-refractivity contribution is 5.87. The lowest BCUT2D eigenvalue weighted by Gasteiger charge is -2.00. The summed E-state index contributed by atoms with van der Waals surface area (Å²) in [4.78, 5) is 10.3. The van der Waals surface area contributed by atoms with E-state index >= 15 is 0 Å². The highest BCUT2D eigenvalue weighted by atomic mass is 35.5. The van der Waals surface area contributed by atoms with Gasteiger partial charge in [0.2, 0.25) is 0 Å². The molecule has 6 heteroatoms. The maximum Gasteiger partial charge on any atom is 0.316 e. The summed E-state index contributed by atoms with van der Waals surface area (Å²) >= 11 is 0. The topological polar surface area (TPSA) is 55.1 Å². The number of anilines is 1. The number of hydrogen-bond donors (Lipinski definition) is 2. The predicted octanol–water partition coefficient (Wildman–Crippen LogP) is 2.16. The third kappa shape index (κ3) is 4.55. The molecule has 0 atom stereocenters. The minimum Gasteiger partial charge on any atom is -0.351 e. The Balaban J connectivity index is 0. The number of carbonyl (C=O) groups is 1. The van der Waals surface area contributed by atoms with Crippen LogP contribution in [0.1, 0.15) is 0 Å². The Morgan fingerprint density at radius 1 is 1.31 bits per heavy atom. The van der Waals surface area contributed by atoms with Crippen molar-refractivity contribution in [2.24, 2.45) is 5.73 Å². The Bertz CT molecular complexity index is 283. The van der Waals surface area contributed by atoms with Gasteiger partial charge in [-0.15, -0.1) is 24.8 Å². The van der Waals surface area contributed by atoms with Gasteiger partial charge in [-0.05, 0) is 12.1 Å². The van der Waals surface area contributed by atoms with Crippen LogP contribution in [0.2, 0.25) is 0 Å². The third-order valence-corrected chi connectivity index (χ3v) is 1.13. The van der Waals surface area contributed by atoms with E-state index in [4.69, 9.17) is 5.73 Å². The molecule has 0 aliphatic rings. The number of para-hydroxylation sites is 1. The van der Waals surface area contributed by atoms with Gasteiger partial charge in [0.25, 0.3) is 0 Å². The first-order chi connectivity index (χ1) is 5.20. The number of urea groups is 1. The van der Waals surface area contributed by atoms with E-state index in [0.717, 1.165) is 0 Å². The van der Waals surface area contributed by atoms with Crippen molar-refractivity contribution in [3.8, 4) is 0 Å². The SMILES string of the molecule is Cl.Cl.NC(=O)Nc1ccccc1F. The molecule has 3 N–H and O–H groups in total. The zero-order chi connectivity index (χ0) is 8.27. The maximum absolute atomic E-state index is 12.7. The largest absolute Gasteiger partial charge is 0.351 e. The van der Waals surface area contributed by atoms with Crippen LogP contribution in [0.15, 0.2) is 24.3 Å². The molecule has 0 unspecified atom stereocenters. The van der Waals surface area contributed by atoms with Crippen molar-refractivity contribution in [1.82, 2.24) is 0 Å². The molecule has 0 saturated carbocycles. The average Bonchev–Trinajstić information content (AvgIpc) is 1.93. The molecule has 0 saturated heterocycles. The Morgan fingerprint density at radius 2 is 1.85 bits per heavy atom. The monoisotopic (exact) mass is 226 g/mol. The molecule has 1 aromatic rings. The summed E-state index contributed by atoms with van der Waals surface area (Å²) in [5.74, 6) is -0.494. The molecule has 0 aliphatic heterocycles. The van der Waals surface area contributed by atoms with Crippen LogP contribution in [0.5, 0.6) is 0 Å². The van der Waals surface area contributed by atoms with E-state index in [1.165, 1.54) is 18.2 Å². The molecule has 0 spiro atoms. The fourth-order valence-corrected chi connectivity index (χ4v) is 0.695. The van der Waals surface area contributed by atoms with Crippen molar-refractivity contribution in [2.75, 3.05) is 5.32 Å². The first-order valence-corrected chi connectivity index (χ1v) is 3.01. The van der Waals surface area contributed by atoms with E-state index in [1.54, 1.807) is 6.07 Å². The molecule has 0 aliphatic carbocycles. The van der Waals surface area contributed by atoms with Crippen LogP contribution < -0.4 is 11.1 Å². The van der Waals surface area contributed by atoms with Gasteiger partial charge < -0.3 is 11.1 Å². The Labute approximate surface area is 87.3 Å². The van der Waals surface area contributed by atoms with Gasteiger partial charge in [-0.1, -0.05) is 12.1 Å². The zero-order valence-corrected chi connectivity index (χ0v) is 8.12. The highest BCUT2D eigenvalue weighted by Gasteiger charge is 2.00. The summed E-state index contributed by atoms with van der Waals surface area (Å²) in [6.45, 7) is 0. The second-order valence-electron chi connectivity index (χ2n) is 1.97. The van der Waals surface area contributed by atoms with Crippen molar-refractivity contribution in [3.05, 3.63) is 30.1 Å². The molecule has 0 heterocycles. The summed E-state index contributed by atoms with van der Waals surface area (Å²) in [6.07, 6.45) is 0. The molecule has 74 valence electrons. The van der Waals surface area contributed by atoms with Gasteiger partial charge in [-0.3, -0.25) is 0 Å². The van der Waals surface area contributed by atoms with Gasteiger partial charge >= 0.3 is 6.03 Å². The van der Waals surface area contributed by atoms with Gasteiger partial charge in [0.15, 0.2) is 0 Å². The van der Waals surface area contributed by atoms with Crippen LogP contribution >= 0.6 is 24.8 Å². The van der Waals surface area contributed by atoms with E-state index in [0.29, 0.717) is 0 Å². The van der Waals surface area contributed by atoms with Crippen molar-refractivity contribution >= 4 is 36.5 Å². The number of amides is 2. The number of nitrogens with two attached hydrogens (primary N) is 1. The Hall–Kier alpha value is -1.00. The second-order valence-corrected chi connectivity index (χ2v) is 1.97. The lowest BCUT2D eigenvalue weighted by molar-refractivity contribution is 0.259. The van der Waals surface area contributed by atoms with Crippen molar-refractivity contribution in [3.63, 3.8) is 0 Å². The number of rotatable bonds is 1. The van der Waals surface area contributed by atoms with Crippen molar-refractivity contribution < 1.29 is 9.18 Å². The quantitative estimate of drug-likeness (QED) is 0.758. The fourth-order valence-electron chi connectivity index (χ4n) is 0.695. The molecular weight excluding hydrogens is 218 g/mol. The van der Waals surface area contributed by atoms with Gasteiger partial charge in [0.05, 0.1) is 5.69 Å². The van der Waals surface area contributed by atoms with Gasteiger partial charge in [0, 0.05) is 0 Å². The molecule has 0 fully saturated rings. The van der Waals surface area contributed by atoms with E-state index in [9.17, 15) is 9.18 Å². The normalized spacial score (nSPS) is 7.77. The Morgan fingerprint density at radius 3 is 2.31 bits per heavy atom. The minimum atomic E-state index is -0.768. The van der Waals surface area contributed by atoms with Gasteiger partial charge in [-0.2, -0.15) is 0 Å². The van der Waals surface area contributed by atoms with Gasteiger partial charge in [-0.25, -0.2) is 9.18 Å². The fraction of sp³-hybridized carbons (Fsp3) is 0. The maximum atomic E-state index is 12.7. The van der Waals surface area contributed by atoms with E-state index in [1.807, 2.05) is 0 Å². The van der Waals surface area contributed by atoms with Crippen LogP contribution in [0.4, 0.5) is 14.9 Å².